The summed E-state index contributed by atoms with van der Waals surface area (Å²) in [7, 11) is -3.61. The Morgan fingerprint density at radius 3 is 2.43 bits per heavy atom. The standard InChI is InChI=1S/C14H17NO5S/c16-11-3-1-10(2-4-11)15-21(17,18)12-5-6-13-14(9-12)20-8-7-19-13/h5-6,9-10,15H,1-4,7-8H2. The Bertz CT molecular complexity index is 645. The van der Waals surface area contributed by atoms with Gasteiger partial charge in [0.25, 0.3) is 0 Å². The molecule has 0 bridgehead atoms. The number of benzene rings is 1. The average molecular weight is 311 g/mol. The highest BCUT2D eigenvalue weighted by atomic mass is 32.2. The molecule has 0 spiro atoms. The SMILES string of the molecule is O=C1CCC(NS(=O)(=O)c2ccc3c(c2)OCCO3)CC1. The normalized spacial score (nSPS) is 19.5. The second-order valence-corrected chi connectivity index (χ2v) is 6.95. The molecule has 1 saturated carbocycles. The van der Waals surface area contributed by atoms with Crippen molar-refractivity contribution in [2.75, 3.05) is 13.2 Å². The van der Waals surface area contributed by atoms with E-state index in [1.54, 1.807) is 6.07 Å². The third-order valence-corrected chi connectivity index (χ3v) is 5.21. The summed E-state index contributed by atoms with van der Waals surface area (Å²) in [6, 6.07) is 4.41. The zero-order valence-corrected chi connectivity index (χ0v) is 12.3. The van der Waals surface area contributed by atoms with Crippen molar-refractivity contribution in [1.29, 1.82) is 0 Å². The van der Waals surface area contributed by atoms with Crippen molar-refractivity contribution in [1.82, 2.24) is 4.72 Å². The van der Waals surface area contributed by atoms with Crippen LogP contribution in [0, 0.1) is 0 Å². The van der Waals surface area contributed by atoms with Gasteiger partial charge < -0.3 is 9.47 Å². The van der Waals surface area contributed by atoms with Gasteiger partial charge in [-0.25, -0.2) is 13.1 Å². The van der Waals surface area contributed by atoms with E-state index in [4.69, 9.17) is 9.47 Å². The molecule has 3 rings (SSSR count). The number of hydrogen-bond acceptors (Lipinski definition) is 5. The van der Waals surface area contributed by atoms with Gasteiger partial charge in [-0.05, 0) is 25.0 Å². The number of carbonyl (C=O) groups is 1. The lowest BCUT2D eigenvalue weighted by molar-refractivity contribution is -0.120. The predicted octanol–water partition coefficient (Wildman–Crippen LogP) is 1.25. The highest BCUT2D eigenvalue weighted by molar-refractivity contribution is 7.89. The topological polar surface area (TPSA) is 81.7 Å². The molecule has 1 N–H and O–H groups in total. The number of rotatable bonds is 3. The van der Waals surface area contributed by atoms with E-state index in [1.807, 2.05) is 0 Å². The predicted molar refractivity (Wildman–Crippen MR) is 75.0 cm³/mol. The van der Waals surface area contributed by atoms with E-state index < -0.39 is 10.0 Å². The Kier molecular flexibility index (Phi) is 3.86. The fourth-order valence-electron chi connectivity index (χ4n) is 2.54. The minimum Gasteiger partial charge on any atom is -0.486 e. The molecule has 0 amide bonds. The zero-order valence-electron chi connectivity index (χ0n) is 11.5. The lowest BCUT2D eigenvalue weighted by Gasteiger charge is -2.23. The van der Waals surface area contributed by atoms with Crippen molar-refractivity contribution in [3.05, 3.63) is 18.2 Å². The van der Waals surface area contributed by atoms with Gasteiger partial charge in [0.05, 0.1) is 4.90 Å². The molecule has 0 saturated heterocycles. The van der Waals surface area contributed by atoms with Crippen LogP contribution in [-0.2, 0) is 14.8 Å². The second kappa shape index (κ2) is 5.65. The first-order valence-corrected chi connectivity index (χ1v) is 8.46. The van der Waals surface area contributed by atoms with Gasteiger partial charge in [-0.2, -0.15) is 0 Å². The molecule has 21 heavy (non-hydrogen) atoms. The molecule has 114 valence electrons. The molecule has 1 fully saturated rings. The molecule has 0 unspecified atom stereocenters. The summed E-state index contributed by atoms with van der Waals surface area (Å²) in [6.45, 7) is 0.877. The van der Waals surface area contributed by atoms with Gasteiger partial charge in [-0.1, -0.05) is 0 Å². The Morgan fingerprint density at radius 2 is 1.71 bits per heavy atom. The van der Waals surface area contributed by atoms with Gasteiger partial charge >= 0.3 is 0 Å². The van der Waals surface area contributed by atoms with Crippen molar-refractivity contribution >= 4 is 15.8 Å². The van der Waals surface area contributed by atoms with Gasteiger partial charge in [0.15, 0.2) is 11.5 Å². The summed E-state index contributed by atoms with van der Waals surface area (Å²) < 4.78 is 38.2. The quantitative estimate of drug-likeness (QED) is 0.908. The lowest BCUT2D eigenvalue weighted by Crippen LogP contribution is -2.37. The third kappa shape index (κ3) is 3.19. The van der Waals surface area contributed by atoms with Crippen LogP contribution in [0.25, 0.3) is 0 Å². The maximum atomic E-state index is 12.4. The van der Waals surface area contributed by atoms with Gasteiger partial charge in [0.2, 0.25) is 10.0 Å². The van der Waals surface area contributed by atoms with Crippen LogP contribution in [0.5, 0.6) is 11.5 Å². The molecule has 1 aliphatic carbocycles. The van der Waals surface area contributed by atoms with Crippen molar-refractivity contribution in [2.45, 2.75) is 36.6 Å². The number of ether oxygens (including phenoxy) is 2. The molecule has 1 heterocycles. The fourth-order valence-corrected chi connectivity index (χ4v) is 3.86. The van der Waals surface area contributed by atoms with E-state index in [-0.39, 0.29) is 16.7 Å². The van der Waals surface area contributed by atoms with Crippen molar-refractivity contribution in [2.24, 2.45) is 0 Å². The molecule has 1 aromatic rings. The Morgan fingerprint density at radius 1 is 1.05 bits per heavy atom. The number of carbonyl (C=O) groups excluding carboxylic acids is 1. The number of ketones is 1. The fraction of sp³-hybridized carbons (Fsp3) is 0.500. The highest BCUT2D eigenvalue weighted by Gasteiger charge is 2.25. The molecular weight excluding hydrogens is 294 g/mol. The zero-order chi connectivity index (χ0) is 14.9. The van der Waals surface area contributed by atoms with Gasteiger partial charge in [0.1, 0.15) is 19.0 Å². The second-order valence-electron chi connectivity index (χ2n) is 5.24. The lowest BCUT2D eigenvalue weighted by atomic mass is 9.95. The van der Waals surface area contributed by atoms with Gasteiger partial charge in [-0.3, -0.25) is 4.79 Å². The van der Waals surface area contributed by atoms with Crippen LogP contribution in [0.4, 0.5) is 0 Å². The van der Waals surface area contributed by atoms with E-state index >= 15 is 0 Å². The minimum absolute atomic E-state index is 0.156. The van der Waals surface area contributed by atoms with Crippen LogP contribution in [0.15, 0.2) is 23.1 Å². The molecule has 7 heteroatoms. The van der Waals surface area contributed by atoms with Crippen LogP contribution in [0.1, 0.15) is 25.7 Å². The molecule has 6 nitrogen and oxygen atoms in total. The summed E-state index contributed by atoms with van der Waals surface area (Å²) in [5.74, 6) is 1.20. The van der Waals surface area contributed by atoms with E-state index in [9.17, 15) is 13.2 Å². The first-order chi connectivity index (χ1) is 10.0. The molecule has 0 radical (unpaired) electrons. The monoisotopic (exact) mass is 311 g/mol. The first-order valence-electron chi connectivity index (χ1n) is 6.98. The Hall–Kier alpha value is -1.60. The number of hydrogen-bond donors (Lipinski definition) is 1. The minimum atomic E-state index is -3.61. The Balaban J connectivity index is 1.76. The largest absolute Gasteiger partial charge is 0.486 e. The summed E-state index contributed by atoms with van der Waals surface area (Å²) in [5, 5.41) is 0. The third-order valence-electron chi connectivity index (χ3n) is 3.69. The molecule has 2 aliphatic rings. The van der Waals surface area contributed by atoms with Crippen molar-refractivity contribution in [3.63, 3.8) is 0 Å². The molecule has 0 aromatic heterocycles. The van der Waals surface area contributed by atoms with E-state index in [0.717, 1.165) is 0 Å². The first kappa shape index (κ1) is 14.3. The number of nitrogens with one attached hydrogen (secondary N) is 1. The summed E-state index contributed by atoms with van der Waals surface area (Å²) in [6.07, 6.45) is 1.99. The summed E-state index contributed by atoms with van der Waals surface area (Å²) in [4.78, 5) is 11.4. The molecular formula is C14H17NO5S. The van der Waals surface area contributed by atoms with Crippen LogP contribution in [0.3, 0.4) is 0 Å². The van der Waals surface area contributed by atoms with Crippen LogP contribution < -0.4 is 14.2 Å². The van der Waals surface area contributed by atoms with Crippen LogP contribution >= 0.6 is 0 Å². The smallest absolute Gasteiger partial charge is 0.240 e. The van der Waals surface area contributed by atoms with Crippen molar-refractivity contribution in [3.8, 4) is 11.5 Å². The van der Waals surface area contributed by atoms with Crippen LogP contribution in [-0.4, -0.2) is 33.5 Å². The summed E-state index contributed by atoms with van der Waals surface area (Å²) >= 11 is 0. The maximum Gasteiger partial charge on any atom is 0.240 e. The van der Waals surface area contributed by atoms with Gasteiger partial charge in [0, 0.05) is 24.9 Å². The van der Waals surface area contributed by atoms with E-state index in [1.165, 1.54) is 12.1 Å². The maximum absolute atomic E-state index is 12.4. The van der Waals surface area contributed by atoms with Crippen LogP contribution in [0.2, 0.25) is 0 Å². The van der Waals surface area contributed by atoms with Crippen molar-refractivity contribution < 1.29 is 22.7 Å². The average Bonchev–Trinajstić information content (AvgIpc) is 2.49. The molecule has 1 aromatic carbocycles. The number of sulfonamides is 1. The van der Waals surface area contributed by atoms with Gasteiger partial charge in [-0.15, -0.1) is 0 Å². The molecule has 0 atom stereocenters. The Labute approximate surface area is 123 Å². The number of fused-ring (bicyclic) bond motifs is 1. The number of Topliss-reactive ketones (excluding diaryl/α,β-unsaturated/α-hetero) is 1. The highest BCUT2D eigenvalue weighted by Crippen LogP contribution is 2.32. The van der Waals surface area contributed by atoms with E-state index in [0.29, 0.717) is 50.4 Å². The van der Waals surface area contributed by atoms with E-state index in [2.05, 4.69) is 4.72 Å². The molecule has 1 aliphatic heterocycles. The summed E-state index contributed by atoms with van der Waals surface area (Å²) in [5.41, 5.74) is 0.